The summed E-state index contributed by atoms with van der Waals surface area (Å²) in [7, 11) is 3.44. The second-order valence-electron chi connectivity index (χ2n) is 6.39. The van der Waals surface area contributed by atoms with Crippen LogP contribution in [-0.2, 0) is 12.0 Å². The van der Waals surface area contributed by atoms with Crippen molar-refractivity contribution in [3.8, 4) is 11.5 Å². The van der Waals surface area contributed by atoms with Crippen LogP contribution in [0, 0.1) is 0 Å². The monoisotopic (exact) mass is 295 g/mol. The Hall–Kier alpha value is -2.16. The maximum absolute atomic E-state index is 5.38. The van der Waals surface area contributed by atoms with Gasteiger partial charge in [-0.05, 0) is 54.7 Å². The first-order valence-electron chi connectivity index (χ1n) is 7.79. The van der Waals surface area contributed by atoms with E-state index < -0.39 is 0 Å². The highest BCUT2D eigenvalue weighted by Crippen LogP contribution is 2.54. The standard InChI is InChI=1S/C19H21NO2/c1-19-16-9-6-13(21-2)10-12(16)4-8-17(19)15-7-5-14(22-3)11-18(15)20-19/h5-7,9-11,17,20H,4,8H2,1-3H3. The lowest BCUT2D eigenvalue weighted by Crippen LogP contribution is -2.37. The van der Waals surface area contributed by atoms with Gasteiger partial charge < -0.3 is 14.8 Å². The number of aryl methyl sites for hydroxylation is 1. The maximum Gasteiger partial charge on any atom is 0.120 e. The minimum absolute atomic E-state index is 0.0471. The van der Waals surface area contributed by atoms with E-state index >= 15 is 0 Å². The molecule has 4 rings (SSSR count). The lowest BCUT2D eigenvalue weighted by Gasteiger charge is -2.39. The van der Waals surface area contributed by atoms with Crippen molar-refractivity contribution in [1.29, 1.82) is 0 Å². The summed E-state index contributed by atoms with van der Waals surface area (Å²) in [5.41, 5.74) is 5.35. The summed E-state index contributed by atoms with van der Waals surface area (Å²) >= 11 is 0. The highest BCUT2D eigenvalue weighted by atomic mass is 16.5. The Labute approximate surface area is 131 Å². The number of nitrogens with one attached hydrogen (secondary N) is 1. The third kappa shape index (κ3) is 1.75. The third-order valence-corrected chi connectivity index (χ3v) is 5.30. The molecule has 114 valence electrons. The zero-order chi connectivity index (χ0) is 15.3. The van der Waals surface area contributed by atoms with Crippen molar-refractivity contribution in [3.63, 3.8) is 0 Å². The van der Waals surface area contributed by atoms with Crippen LogP contribution in [0.1, 0.15) is 36.0 Å². The molecule has 1 N–H and O–H groups in total. The van der Waals surface area contributed by atoms with Crippen molar-refractivity contribution in [2.75, 3.05) is 19.5 Å². The average molecular weight is 295 g/mol. The van der Waals surface area contributed by atoms with Crippen LogP contribution in [0.4, 0.5) is 5.69 Å². The van der Waals surface area contributed by atoms with Gasteiger partial charge in [0.1, 0.15) is 11.5 Å². The van der Waals surface area contributed by atoms with Crippen LogP contribution < -0.4 is 14.8 Å². The molecule has 3 nitrogen and oxygen atoms in total. The van der Waals surface area contributed by atoms with Crippen molar-refractivity contribution in [1.82, 2.24) is 0 Å². The third-order valence-electron chi connectivity index (χ3n) is 5.30. The topological polar surface area (TPSA) is 30.5 Å². The lowest BCUT2D eigenvalue weighted by molar-refractivity contribution is 0.390. The van der Waals surface area contributed by atoms with Crippen molar-refractivity contribution in [2.45, 2.75) is 31.2 Å². The maximum atomic E-state index is 5.38. The molecule has 22 heavy (non-hydrogen) atoms. The molecule has 0 radical (unpaired) electrons. The Morgan fingerprint density at radius 2 is 1.77 bits per heavy atom. The number of hydrogen-bond acceptors (Lipinski definition) is 3. The largest absolute Gasteiger partial charge is 0.497 e. The zero-order valence-electron chi connectivity index (χ0n) is 13.3. The van der Waals surface area contributed by atoms with E-state index in [-0.39, 0.29) is 5.54 Å². The van der Waals surface area contributed by atoms with Gasteiger partial charge in [0.15, 0.2) is 0 Å². The first-order chi connectivity index (χ1) is 10.7. The van der Waals surface area contributed by atoms with Gasteiger partial charge in [0, 0.05) is 17.7 Å². The van der Waals surface area contributed by atoms with Gasteiger partial charge in [0.05, 0.1) is 19.8 Å². The molecule has 2 aromatic carbocycles. The molecule has 0 spiro atoms. The van der Waals surface area contributed by atoms with Crippen molar-refractivity contribution in [3.05, 3.63) is 53.1 Å². The van der Waals surface area contributed by atoms with E-state index in [4.69, 9.17) is 9.47 Å². The van der Waals surface area contributed by atoms with Crippen LogP contribution in [0.2, 0.25) is 0 Å². The molecule has 0 saturated heterocycles. The van der Waals surface area contributed by atoms with Gasteiger partial charge in [0.25, 0.3) is 0 Å². The first kappa shape index (κ1) is 13.5. The Morgan fingerprint density at radius 1 is 1.05 bits per heavy atom. The van der Waals surface area contributed by atoms with E-state index in [9.17, 15) is 0 Å². The lowest BCUT2D eigenvalue weighted by atomic mass is 9.70. The van der Waals surface area contributed by atoms with Crippen LogP contribution >= 0.6 is 0 Å². The fraction of sp³-hybridized carbons (Fsp3) is 0.368. The van der Waals surface area contributed by atoms with Crippen molar-refractivity contribution >= 4 is 5.69 Å². The molecule has 0 bridgehead atoms. The fourth-order valence-corrected chi connectivity index (χ4v) is 4.16. The molecule has 3 heteroatoms. The summed E-state index contributed by atoms with van der Waals surface area (Å²) < 4.78 is 10.7. The molecule has 2 aromatic rings. The normalized spacial score (nSPS) is 24.8. The summed E-state index contributed by atoms with van der Waals surface area (Å²) in [4.78, 5) is 0. The number of benzene rings is 2. The Balaban J connectivity index is 1.81. The predicted octanol–water partition coefficient (Wildman–Crippen LogP) is 4.07. The van der Waals surface area contributed by atoms with E-state index in [0.29, 0.717) is 5.92 Å². The van der Waals surface area contributed by atoms with Gasteiger partial charge in [-0.15, -0.1) is 0 Å². The molecule has 2 aliphatic rings. The smallest absolute Gasteiger partial charge is 0.120 e. The molecule has 1 aliphatic heterocycles. The zero-order valence-corrected chi connectivity index (χ0v) is 13.3. The molecule has 2 unspecified atom stereocenters. The highest BCUT2D eigenvalue weighted by molar-refractivity contribution is 5.67. The number of anilines is 1. The molecule has 1 aliphatic carbocycles. The average Bonchev–Trinajstić information content (AvgIpc) is 2.85. The summed E-state index contributed by atoms with van der Waals surface area (Å²) in [6, 6.07) is 12.9. The van der Waals surface area contributed by atoms with E-state index in [1.54, 1.807) is 14.2 Å². The fourth-order valence-electron chi connectivity index (χ4n) is 4.16. The Morgan fingerprint density at radius 3 is 2.55 bits per heavy atom. The Kier molecular flexibility index (Phi) is 2.86. The number of rotatable bonds is 2. The van der Waals surface area contributed by atoms with Crippen LogP contribution in [0.15, 0.2) is 36.4 Å². The second-order valence-corrected chi connectivity index (χ2v) is 6.39. The van der Waals surface area contributed by atoms with E-state index in [1.807, 2.05) is 0 Å². The van der Waals surface area contributed by atoms with Crippen LogP contribution in [0.25, 0.3) is 0 Å². The van der Waals surface area contributed by atoms with Crippen LogP contribution in [-0.4, -0.2) is 14.2 Å². The predicted molar refractivity (Wildman–Crippen MR) is 88.0 cm³/mol. The van der Waals surface area contributed by atoms with Gasteiger partial charge in [-0.25, -0.2) is 0 Å². The first-order valence-corrected chi connectivity index (χ1v) is 7.79. The van der Waals surface area contributed by atoms with Gasteiger partial charge >= 0.3 is 0 Å². The van der Waals surface area contributed by atoms with E-state index in [1.165, 1.54) is 22.4 Å². The van der Waals surface area contributed by atoms with E-state index in [2.05, 4.69) is 48.6 Å². The van der Waals surface area contributed by atoms with Gasteiger partial charge in [-0.2, -0.15) is 0 Å². The van der Waals surface area contributed by atoms with Crippen LogP contribution in [0.5, 0.6) is 11.5 Å². The molecule has 0 fully saturated rings. The molecule has 0 aromatic heterocycles. The summed E-state index contributed by atoms with van der Waals surface area (Å²) in [6.07, 6.45) is 2.25. The van der Waals surface area contributed by atoms with Crippen molar-refractivity contribution in [2.24, 2.45) is 0 Å². The molecular formula is C19H21NO2. The molecule has 1 heterocycles. The van der Waals surface area contributed by atoms with Crippen LogP contribution in [0.3, 0.4) is 0 Å². The highest BCUT2D eigenvalue weighted by Gasteiger charge is 2.46. The summed E-state index contributed by atoms with van der Waals surface area (Å²) in [5.74, 6) is 2.36. The van der Waals surface area contributed by atoms with Gasteiger partial charge in [0.2, 0.25) is 0 Å². The molecule has 0 amide bonds. The molecular weight excluding hydrogens is 274 g/mol. The summed E-state index contributed by atoms with van der Waals surface area (Å²) in [5, 5.41) is 3.76. The minimum Gasteiger partial charge on any atom is -0.497 e. The number of hydrogen-bond donors (Lipinski definition) is 1. The Bertz CT molecular complexity index is 740. The number of fused-ring (bicyclic) bond motifs is 5. The molecule has 2 atom stereocenters. The van der Waals surface area contributed by atoms with Gasteiger partial charge in [-0.3, -0.25) is 0 Å². The number of ether oxygens (including phenoxy) is 2. The SMILES string of the molecule is COc1ccc2c(c1)CCC1c3ccc(OC)cc3NC21C. The summed E-state index contributed by atoms with van der Waals surface area (Å²) in [6.45, 7) is 2.31. The number of methoxy groups -OCH3 is 2. The molecule has 0 saturated carbocycles. The second kappa shape index (κ2) is 4.67. The van der Waals surface area contributed by atoms with Crippen molar-refractivity contribution < 1.29 is 9.47 Å². The van der Waals surface area contributed by atoms with Gasteiger partial charge in [-0.1, -0.05) is 12.1 Å². The minimum atomic E-state index is -0.0471. The quantitative estimate of drug-likeness (QED) is 0.905. The van der Waals surface area contributed by atoms with E-state index in [0.717, 1.165) is 24.3 Å².